The number of carbonyl (C=O) groups excluding carboxylic acids is 2. The van der Waals surface area contributed by atoms with Crippen molar-refractivity contribution in [1.29, 1.82) is 0 Å². The van der Waals surface area contributed by atoms with Gasteiger partial charge in [0, 0.05) is 18.7 Å². The average molecular weight is 301 g/mol. The molecular weight excluding hydrogens is 278 g/mol. The van der Waals surface area contributed by atoms with Crippen LogP contribution in [-0.2, 0) is 9.53 Å². The molecule has 0 rings (SSSR count). The van der Waals surface area contributed by atoms with Crippen LogP contribution in [0.15, 0.2) is 17.1 Å². The molecule has 2 amide bonds. The van der Waals surface area contributed by atoms with Gasteiger partial charge in [0.15, 0.2) is 5.96 Å². The van der Waals surface area contributed by atoms with Gasteiger partial charge < -0.3 is 31.5 Å². The molecule has 0 atom stereocenters. The summed E-state index contributed by atoms with van der Waals surface area (Å²) in [6.07, 6.45) is 0. The number of hydrogen-bond donors (Lipinski definition) is 4. The first kappa shape index (κ1) is 18.7. The van der Waals surface area contributed by atoms with Crippen molar-refractivity contribution < 1.29 is 19.4 Å². The Balaban J connectivity index is 4.08. The fraction of sp³-hybridized carbons (Fsp3) is 0.583. The van der Waals surface area contributed by atoms with E-state index >= 15 is 0 Å². The van der Waals surface area contributed by atoms with Crippen LogP contribution in [0.2, 0.25) is 0 Å². The van der Waals surface area contributed by atoms with E-state index in [0.29, 0.717) is 5.57 Å². The Labute approximate surface area is 123 Å². The summed E-state index contributed by atoms with van der Waals surface area (Å²) in [5, 5.41) is 11.5. The molecule has 120 valence electrons. The van der Waals surface area contributed by atoms with Gasteiger partial charge in [0.2, 0.25) is 0 Å². The number of aliphatic hydroxyl groups is 1. The van der Waals surface area contributed by atoms with E-state index in [2.05, 4.69) is 16.9 Å². The highest BCUT2D eigenvalue weighted by Gasteiger charge is 2.12. The van der Waals surface area contributed by atoms with E-state index in [9.17, 15) is 9.59 Å². The van der Waals surface area contributed by atoms with E-state index in [4.69, 9.17) is 21.3 Å². The second-order valence-corrected chi connectivity index (χ2v) is 4.17. The van der Waals surface area contributed by atoms with Gasteiger partial charge in [0.05, 0.1) is 19.7 Å². The number of aliphatic hydroxyl groups excluding tert-OH is 1. The molecule has 0 aromatic heterocycles. The molecule has 0 fully saturated rings. The fourth-order valence-electron chi connectivity index (χ4n) is 1.27. The summed E-state index contributed by atoms with van der Waals surface area (Å²) >= 11 is 0. The Bertz CT molecular complexity index is 393. The zero-order valence-corrected chi connectivity index (χ0v) is 12.2. The Morgan fingerprint density at radius 2 is 2.05 bits per heavy atom. The van der Waals surface area contributed by atoms with Crippen LogP contribution in [-0.4, -0.2) is 67.4 Å². The number of aliphatic imine (C=N–C) groups is 1. The van der Waals surface area contributed by atoms with E-state index < -0.39 is 12.0 Å². The van der Waals surface area contributed by atoms with Gasteiger partial charge in [-0.1, -0.05) is 6.58 Å². The minimum atomic E-state index is -0.510. The molecule has 0 aliphatic heterocycles. The summed E-state index contributed by atoms with van der Waals surface area (Å²) in [4.78, 5) is 28.0. The van der Waals surface area contributed by atoms with Gasteiger partial charge in [0.1, 0.15) is 6.61 Å². The third-order valence-electron chi connectivity index (χ3n) is 2.28. The van der Waals surface area contributed by atoms with Gasteiger partial charge in [-0.25, -0.2) is 9.59 Å². The molecule has 0 aliphatic rings. The zero-order valence-electron chi connectivity index (χ0n) is 12.2. The van der Waals surface area contributed by atoms with Gasteiger partial charge in [-0.05, 0) is 6.92 Å². The van der Waals surface area contributed by atoms with E-state index in [-0.39, 0.29) is 45.4 Å². The molecule has 0 radical (unpaired) electrons. The Morgan fingerprint density at radius 1 is 1.38 bits per heavy atom. The maximum Gasteiger partial charge on any atom is 0.333 e. The highest BCUT2D eigenvalue weighted by Crippen LogP contribution is 1.92. The molecule has 0 aromatic carbocycles. The number of nitrogens with zero attached hydrogens (tertiary/aromatic N) is 2. The lowest BCUT2D eigenvalue weighted by molar-refractivity contribution is -0.138. The van der Waals surface area contributed by atoms with Crippen molar-refractivity contribution in [2.45, 2.75) is 6.92 Å². The molecule has 0 heterocycles. The highest BCUT2D eigenvalue weighted by atomic mass is 16.5. The summed E-state index contributed by atoms with van der Waals surface area (Å²) < 4.78 is 4.83. The number of ether oxygens (including phenoxy) is 1. The van der Waals surface area contributed by atoms with Gasteiger partial charge in [0.25, 0.3) is 0 Å². The molecule has 0 saturated carbocycles. The van der Waals surface area contributed by atoms with Crippen molar-refractivity contribution in [3.05, 3.63) is 12.2 Å². The van der Waals surface area contributed by atoms with Gasteiger partial charge >= 0.3 is 12.0 Å². The first-order valence-corrected chi connectivity index (χ1v) is 6.40. The third kappa shape index (κ3) is 9.27. The molecule has 21 heavy (non-hydrogen) atoms. The number of esters is 1. The lowest BCUT2D eigenvalue weighted by atomic mass is 10.4. The number of carbonyl (C=O) groups is 2. The minimum Gasteiger partial charge on any atom is -0.460 e. The lowest BCUT2D eigenvalue weighted by Gasteiger charge is -2.21. The zero-order chi connectivity index (χ0) is 16.3. The van der Waals surface area contributed by atoms with Crippen LogP contribution in [0, 0.1) is 0 Å². The largest absolute Gasteiger partial charge is 0.460 e. The molecule has 0 bridgehead atoms. The van der Waals surface area contributed by atoms with Crippen molar-refractivity contribution in [3.8, 4) is 0 Å². The number of rotatable bonds is 9. The van der Waals surface area contributed by atoms with Crippen LogP contribution < -0.4 is 16.8 Å². The predicted molar refractivity (Wildman–Crippen MR) is 78.5 cm³/mol. The topological polar surface area (TPSA) is 143 Å². The summed E-state index contributed by atoms with van der Waals surface area (Å²) in [6.45, 7) is 5.63. The molecule has 9 nitrogen and oxygen atoms in total. The number of hydrogen-bond acceptors (Lipinski definition) is 5. The van der Waals surface area contributed by atoms with E-state index in [1.165, 1.54) is 11.8 Å². The SMILES string of the molecule is C=C(C)C(=O)OCCNC(=O)N(CCO)CCN=C(N)N. The summed E-state index contributed by atoms with van der Waals surface area (Å²) in [5.74, 6) is -0.574. The smallest absolute Gasteiger partial charge is 0.333 e. The van der Waals surface area contributed by atoms with Crippen LogP contribution in [0.25, 0.3) is 0 Å². The van der Waals surface area contributed by atoms with Gasteiger partial charge in [-0.2, -0.15) is 0 Å². The average Bonchev–Trinajstić information content (AvgIpc) is 2.41. The van der Waals surface area contributed by atoms with Gasteiger partial charge in [-0.3, -0.25) is 4.99 Å². The van der Waals surface area contributed by atoms with Crippen LogP contribution in [0.4, 0.5) is 4.79 Å². The maximum atomic E-state index is 11.8. The molecule has 9 heteroatoms. The first-order chi connectivity index (χ1) is 9.88. The second-order valence-electron chi connectivity index (χ2n) is 4.17. The summed E-state index contributed by atoms with van der Waals surface area (Å²) in [7, 11) is 0. The number of nitrogens with one attached hydrogen (secondary N) is 1. The van der Waals surface area contributed by atoms with Crippen molar-refractivity contribution >= 4 is 18.0 Å². The van der Waals surface area contributed by atoms with E-state index in [1.54, 1.807) is 0 Å². The van der Waals surface area contributed by atoms with Crippen molar-refractivity contribution in [1.82, 2.24) is 10.2 Å². The van der Waals surface area contributed by atoms with Crippen molar-refractivity contribution in [2.75, 3.05) is 39.4 Å². The van der Waals surface area contributed by atoms with Crippen LogP contribution in [0.5, 0.6) is 0 Å². The number of guanidine groups is 1. The maximum absolute atomic E-state index is 11.8. The number of amides is 2. The summed E-state index contributed by atoms with van der Waals surface area (Å²) in [6, 6.07) is -0.402. The molecular formula is C12H23N5O4. The van der Waals surface area contributed by atoms with Crippen LogP contribution >= 0.6 is 0 Å². The van der Waals surface area contributed by atoms with Crippen molar-refractivity contribution in [3.63, 3.8) is 0 Å². The fourth-order valence-corrected chi connectivity index (χ4v) is 1.27. The number of nitrogens with two attached hydrogens (primary N) is 2. The normalized spacial score (nSPS) is 9.62. The second kappa shape index (κ2) is 10.5. The number of urea groups is 1. The molecule has 0 spiro atoms. The Morgan fingerprint density at radius 3 is 2.57 bits per heavy atom. The van der Waals surface area contributed by atoms with Gasteiger partial charge in [-0.15, -0.1) is 0 Å². The molecule has 0 saturated heterocycles. The highest BCUT2D eigenvalue weighted by molar-refractivity contribution is 5.86. The van der Waals surface area contributed by atoms with Crippen LogP contribution in [0.1, 0.15) is 6.92 Å². The third-order valence-corrected chi connectivity index (χ3v) is 2.28. The molecule has 0 aliphatic carbocycles. The molecule has 0 aromatic rings. The molecule has 0 unspecified atom stereocenters. The lowest BCUT2D eigenvalue weighted by Crippen LogP contribution is -2.44. The Kier molecular flexibility index (Phi) is 9.35. The summed E-state index contributed by atoms with van der Waals surface area (Å²) in [5.41, 5.74) is 10.7. The van der Waals surface area contributed by atoms with Crippen molar-refractivity contribution in [2.24, 2.45) is 16.5 Å². The molecule has 6 N–H and O–H groups in total. The van der Waals surface area contributed by atoms with E-state index in [1.807, 2.05) is 0 Å². The quantitative estimate of drug-likeness (QED) is 0.132. The monoisotopic (exact) mass is 301 g/mol. The predicted octanol–water partition coefficient (Wildman–Crippen LogP) is -1.62. The van der Waals surface area contributed by atoms with E-state index in [0.717, 1.165) is 0 Å². The standard InChI is InChI=1S/C12H23N5O4/c1-9(2)10(19)21-8-4-16-12(20)17(6-7-18)5-3-15-11(13)14/h18H,1,3-8H2,2H3,(H,16,20)(H4,13,14,15). The minimum absolute atomic E-state index is 0.0400. The Hall–Kier alpha value is -2.29. The first-order valence-electron chi connectivity index (χ1n) is 6.40. The van der Waals surface area contributed by atoms with Crippen LogP contribution in [0.3, 0.4) is 0 Å².